The molecule has 6 heteroatoms. The van der Waals surface area contributed by atoms with Crippen LogP contribution < -0.4 is 5.32 Å². The molecule has 0 aliphatic heterocycles. The zero-order valence-electron chi connectivity index (χ0n) is 12.0. The number of carbonyl (C=O) groups is 2. The Morgan fingerprint density at radius 3 is 2.26 bits per heavy atom. The van der Waals surface area contributed by atoms with Gasteiger partial charge in [0.1, 0.15) is 6.04 Å². The molecule has 5 nitrogen and oxygen atoms in total. The van der Waals surface area contributed by atoms with Crippen molar-refractivity contribution in [2.45, 2.75) is 12.5 Å². The first-order valence-corrected chi connectivity index (χ1v) is 7.86. The molecular weight excluding hydrogens is 407 g/mol. The van der Waals surface area contributed by atoms with E-state index in [-0.39, 0.29) is 6.42 Å². The summed E-state index contributed by atoms with van der Waals surface area (Å²) in [6, 6.07) is 14.4. The summed E-state index contributed by atoms with van der Waals surface area (Å²) >= 11 is 2.17. The van der Waals surface area contributed by atoms with Crippen LogP contribution in [0.25, 0.3) is 0 Å². The molecule has 1 atom stereocenters. The topological polar surface area (TPSA) is 90.2 Å². The van der Waals surface area contributed by atoms with E-state index in [4.69, 9.17) is 5.26 Å². The maximum Gasteiger partial charge on any atom is 0.326 e. The lowest BCUT2D eigenvalue weighted by Crippen LogP contribution is -2.42. The number of nitrogens with one attached hydrogen (secondary N) is 1. The number of carboxylic acids is 1. The number of halogens is 1. The van der Waals surface area contributed by atoms with Crippen molar-refractivity contribution >= 4 is 34.5 Å². The maximum absolute atomic E-state index is 12.1. The lowest BCUT2D eigenvalue weighted by Gasteiger charge is -2.15. The van der Waals surface area contributed by atoms with Crippen LogP contribution >= 0.6 is 22.6 Å². The molecule has 0 saturated heterocycles. The summed E-state index contributed by atoms with van der Waals surface area (Å²) in [7, 11) is 0. The number of amides is 1. The minimum absolute atomic E-state index is 0.203. The Labute approximate surface area is 147 Å². The SMILES string of the molecule is N#Cc1ccc(C(=O)N[C@@H](Cc2ccc(I)cc2)C(=O)O)cc1. The smallest absolute Gasteiger partial charge is 0.326 e. The summed E-state index contributed by atoms with van der Waals surface area (Å²) in [6.45, 7) is 0. The molecule has 0 radical (unpaired) electrons. The van der Waals surface area contributed by atoms with E-state index < -0.39 is 17.9 Å². The number of hydrogen-bond donors (Lipinski definition) is 2. The highest BCUT2D eigenvalue weighted by Gasteiger charge is 2.21. The predicted octanol–water partition coefficient (Wildman–Crippen LogP) is 2.59. The minimum Gasteiger partial charge on any atom is -0.480 e. The number of nitrogens with zero attached hydrogens (tertiary/aromatic N) is 1. The number of rotatable bonds is 5. The number of carboxylic acid groups (broad SMARTS) is 1. The normalized spacial score (nSPS) is 11.3. The molecule has 2 rings (SSSR count). The highest BCUT2D eigenvalue weighted by atomic mass is 127. The van der Waals surface area contributed by atoms with Gasteiger partial charge in [0.2, 0.25) is 0 Å². The van der Waals surface area contributed by atoms with E-state index in [1.807, 2.05) is 30.3 Å². The quantitative estimate of drug-likeness (QED) is 0.728. The number of aliphatic carboxylic acids is 1. The van der Waals surface area contributed by atoms with Crippen LogP contribution in [0.15, 0.2) is 48.5 Å². The van der Waals surface area contributed by atoms with Crippen molar-refractivity contribution in [3.8, 4) is 6.07 Å². The fourth-order valence-electron chi connectivity index (χ4n) is 1.99. The van der Waals surface area contributed by atoms with E-state index in [0.717, 1.165) is 9.13 Å². The molecule has 0 aromatic heterocycles. The monoisotopic (exact) mass is 420 g/mol. The van der Waals surface area contributed by atoms with Gasteiger partial charge in [-0.2, -0.15) is 5.26 Å². The second-order valence-electron chi connectivity index (χ2n) is 4.88. The third kappa shape index (κ3) is 4.79. The Morgan fingerprint density at radius 2 is 1.74 bits per heavy atom. The van der Waals surface area contributed by atoms with Crippen LogP contribution in [0.5, 0.6) is 0 Å². The van der Waals surface area contributed by atoms with Crippen LogP contribution in [0.1, 0.15) is 21.5 Å². The Morgan fingerprint density at radius 1 is 1.13 bits per heavy atom. The van der Waals surface area contributed by atoms with E-state index >= 15 is 0 Å². The van der Waals surface area contributed by atoms with Crippen molar-refractivity contribution in [2.75, 3.05) is 0 Å². The standard InChI is InChI=1S/C17H13IN2O3/c18-14-7-3-11(4-8-14)9-15(17(22)23)20-16(21)13-5-1-12(10-19)2-6-13/h1-8,15H,9H2,(H,20,21)(H,22,23)/t15-/m0/s1. The van der Waals surface area contributed by atoms with E-state index in [9.17, 15) is 14.7 Å². The highest BCUT2D eigenvalue weighted by molar-refractivity contribution is 14.1. The summed E-state index contributed by atoms with van der Waals surface area (Å²) in [5.41, 5.74) is 1.59. The van der Waals surface area contributed by atoms with Crippen LogP contribution in [0.4, 0.5) is 0 Å². The van der Waals surface area contributed by atoms with Crippen LogP contribution in [0.2, 0.25) is 0 Å². The second-order valence-corrected chi connectivity index (χ2v) is 6.13. The molecule has 0 heterocycles. The molecule has 1 amide bonds. The first kappa shape index (κ1) is 17.0. The average Bonchev–Trinajstić information content (AvgIpc) is 2.56. The van der Waals surface area contributed by atoms with Gasteiger partial charge < -0.3 is 10.4 Å². The first-order chi connectivity index (χ1) is 11.0. The molecule has 116 valence electrons. The van der Waals surface area contributed by atoms with Gasteiger partial charge >= 0.3 is 5.97 Å². The zero-order valence-corrected chi connectivity index (χ0v) is 14.1. The molecule has 2 N–H and O–H groups in total. The lowest BCUT2D eigenvalue weighted by atomic mass is 10.1. The van der Waals surface area contributed by atoms with Gasteiger partial charge in [0.05, 0.1) is 11.6 Å². The van der Waals surface area contributed by atoms with Crippen molar-refractivity contribution in [3.63, 3.8) is 0 Å². The number of carbonyl (C=O) groups excluding carboxylic acids is 1. The third-order valence-electron chi connectivity index (χ3n) is 3.23. The van der Waals surface area contributed by atoms with Gasteiger partial charge in [-0.25, -0.2) is 4.79 Å². The molecule has 2 aromatic rings. The summed E-state index contributed by atoms with van der Waals surface area (Å²) < 4.78 is 1.06. The van der Waals surface area contributed by atoms with Gasteiger partial charge in [0.25, 0.3) is 5.91 Å². The van der Waals surface area contributed by atoms with E-state index in [0.29, 0.717) is 11.1 Å². The molecule has 0 aliphatic carbocycles. The number of nitriles is 1. The molecule has 0 fully saturated rings. The van der Waals surface area contributed by atoms with Crippen LogP contribution in [-0.2, 0) is 11.2 Å². The lowest BCUT2D eigenvalue weighted by molar-refractivity contribution is -0.139. The van der Waals surface area contributed by atoms with Crippen LogP contribution in [-0.4, -0.2) is 23.0 Å². The van der Waals surface area contributed by atoms with E-state index in [1.165, 1.54) is 24.3 Å². The van der Waals surface area contributed by atoms with Crippen molar-refractivity contribution in [1.29, 1.82) is 5.26 Å². The van der Waals surface area contributed by atoms with Gasteiger partial charge in [0, 0.05) is 15.6 Å². The maximum atomic E-state index is 12.1. The van der Waals surface area contributed by atoms with Crippen molar-refractivity contribution < 1.29 is 14.7 Å². The van der Waals surface area contributed by atoms with Gasteiger partial charge in [-0.3, -0.25) is 4.79 Å². The second kappa shape index (κ2) is 7.74. The Balaban J connectivity index is 2.09. The van der Waals surface area contributed by atoms with E-state index in [2.05, 4.69) is 27.9 Å². The van der Waals surface area contributed by atoms with Gasteiger partial charge in [0.15, 0.2) is 0 Å². The number of benzene rings is 2. The fourth-order valence-corrected chi connectivity index (χ4v) is 2.35. The molecular formula is C17H13IN2O3. The molecule has 0 unspecified atom stereocenters. The third-order valence-corrected chi connectivity index (χ3v) is 3.95. The average molecular weight is 420 g/mol. The Bertz CT molecular complexity index is 749. The molecule has 0 saturated carbocycles. The largest absolute Gasteiger partial charge is 0.480 e. The molecule has 23 heavy (non-hydrogen) atoms. The van der Waals surface area contributed by atoms with Gasteiger partial charge in [-0.05, 0) is 64.6 Å². The molecule has 0 aliphatic rings. The molecule has 2 aromatic carbocycles. The minimum atomic E-state index is -1.09. The predicted molar refractivity (Wildman–Crippen MR) is 92.9 cm³/mol. The summed E-state index contributed by atoms with van der Waals surface area (Å²) in [4.78, 5) is 23.5. The summed E-state index contributed by atoms with van der Waals surface area (Å²) in [5, 5.41) is 20.6. The van der Waals surface area contributed by atoms with Crippen molar-refractivity contribution in [1.82, 2.24) is 5.32 Å². The molecule has 0 bridgehead atoms. The van der Waals surface area contributed by atoms with E-state index in [1.54, 1.807) is 0 Å². The first-order valence-electron chi connectivity index (χ1n) is 6.78. The highest BCUT2D eigenvalue weighted by Crippen LogP contribution is 2.10. The Kier molecular flexibility index (Phi) is 5.71. The number of hydrogen-bond acceptors (Lipinski definition) is 3. The van der Waals surface area contributed by atoms with Crippen LogP contribution in [0.3, 0.4) is 0 Å². The van der Waals surface area contributed by atoms with Crippen molar-refractivity contribution in [2.24, 2.45) is 0 Å². The van der Waals surface area contributed by atoms with Gasteiger partial charge in [-0.15, -0.1) is 0 Å². The Hall–Kier alpha value is -2.40. The van der Waals surface area contributed by atoms with Gasteiger partial charge in [-0.1, -0.05) is 12.1 Å². The summed E-state index contributed by atoms with van der Waals surface area (Å²) in [5.74, 6) is -1.57. The molecule has 0 spiro atoms. The van der Waals surface area contributed by atoms with Crippen LogP contribution in [0, 0.1) is 14.9 Å². The van der Waals surface area contributed by atoms with Crippen molar-refractivity contribution in [3.05, 3.63) is 68.8 Å². The summed E-state index contributed by atoms with van der Waals surface area (Å²) in [6.07, 6.45) is 0.203. The fraction of sp³-hybridized carbons (Fsp3) is 0.118. The zero-order chi connectivity index (χ0) is 16.8.